The highest BCUT2D eigenvalue weighted by molar-refractivity contribution is 7.09. The summed E-state index contributed by atoms with van der Waals surface area (Å²) in [6, 6.07) is 13.8. The van der Waals surface area contributed by atoms with Gasteiger partial charge in [0.25, 0.3) is 11.8 Å². The van der Waals surface area contributed by atoms with E-state index in [4.69, 9.17) is 11.5 Å². The van der Waals surface area contributed by atoms with Crippen molar-refractivity contribution >= 4 is 40.6 Å². The number of carbonyl (C=O) groups is 3. The van der Waals surface area contributed by atoms with Crippen LogP contribution in [-0.4, -0.2) is 28.6 Å². The fourth-order valence-corrected chi connectivity index (χ4v) is 4.39. The Hall–Kier alpha value is -3.72. The lowest BCUT2D eigenvalue weighted by atomic mass is 10.0. The standard InChI is InChI=1S/C26H31N5O3S/c1-15(2)12-13-29-25(33)22(18-10-8-16(3)9-11-18)31(19-7-5-6-17(4)14-19)26(34)23-20(27)21(24(28)32)30-35-23/h5-11,14-15,22H,12-13,27H2,1-4H3,(H2,28,32)(H,29,33)/t22-/m0/s1. The predicted molar refractivity (Wildman–Crippen MR) is 139 cm³/mol. The number of carbonyl (C=O) groups excluding carboxylic acids is 3. The molecule has 3 amide bonds. The maximum atomic E-state index is 14.0. The van der Waals surface area contributed by atoms with Crippen LogP contribution in [0.25, 0.3) is 0 Å². The molecule has 3 aromatic rings. The molecule has 8 nitrogen and oxygen atoms in total. The summed E-state index contributed by atoms with van der Waals surface area (Å²) in [5.74, 6) is -1.27. The van der Waals surface area contributed by atoms with Crippen LogP contribution in [0.2, 0.25) is 0 Å². The van der Waals surface area contributed by atoms with Gasteiger partial charge < -0.3 is 16.8 Å². The van der Waals surface area contributed by atoms with E-state index < -0.39 is 17.9 Å². The number of benzene rings is 2. The molecule has 0 fully saturated rings. The number of aryl methyl sites for hydroxylation is 2. The van der Waals surface area contributed by atoms with Gasteiger partial charge in [-0.15, -0.1) is 0 Å². The van der Waals surface area contributed by atoms with Crippen LogP contribution < -0.4 is 21.7 Å². The first-order valence-corrected chi connectivity index (χ1v) is 12.2. The highest BCUT2D eigenvalue weighted by Crippen LogP contribution is 2.33. The number of aromatic nitrogens is 1. The van der Waals surface area contributed by atoms with E-state index in [1.165, 1.54) is 4.90 Å². The lowest BCUT2D eigenvalue weighted by Crippen LogP contribution is -2.44. The highest BCUT2D eigenvalue weighted by Gasteiger charge is 2.36. The van der Waals surface area contributed by atoms with E-state index in [2.05, 4.69) is 23.5 Å². The molecular weight excluding hydrogens is 462 g/mol. The van der Waals surface area contributed by atoms with Crippen LogP contribution in [-0.2, 0) is 4.79 Å². The maximum Gasteiger partial charge on any atom is 0.273 e. The fourth-order valence-electron chi connectivity index (χ4n) is 3.65. The summed E-state index contributed by atoms with van der Waals surface area (Å²) >= 11 is 0.790. The molecule has 0 aliphatic rings. The van der Waals surface area contributed by atoms with E-state index in [-0.39, 0.29) is 22.2 Å². The lowest BCUT2D eigenvalue weighted by Gasteiger charge is -2.31. The van der Waals surface area contributed by atoms with Crippen molar-refractivity contribution in [2.45, 2.75) is 40.2 Å². The van der Waals surface area contributed by atoms with Crippen molar-refractivity contribution in [2.24, 2.45) is 11.7 Å². The summed E-state index contributed by atoms with van der Waals surface area (Å²) in [7, 11) is 0. The third kappa shape index (κ3) is 6.05. The average Bonchev–Trinajstić information content (AvgIpc) is 3.19. The maximum absolute atomic E-state index is 14.0. The quantitative estimate of drug-likeness (QED) is 0.415. The number of hydrogen-bond donors (Lipinski definition) is 3. The number of anilines is 2. The van der Waals surface area contributed by atoms with Crippen molar-refractivity contribution in [1.82, 2.24) is 9.69 Å². The number of amides is 3. The van der Waals surface area contributed by atoms with Gasteiger partial charge >= 0.3 is 0 Å². The summed E-state index contributed by atoms with van der Waals surface area (Å²) in [4.78, 5) is 40.8. The minimum atomic E-state index is -0.976. The largest absolute Gasteiger partial charge is 0.395 e. The van der Waals surface area contributed by atoms with Crippen LogP contribution in [0.3, 0.4) is 0 Å². The predicted octanol–water partition coefficient (Wildman–Crippen LogP) is 3.99. The zero-order valence-corrected chi connectivity index (χ0v) is 21.2. The molecule has 35 heavy (non-hydrogen) atoms. The zero-order valence-electron chi connectivity index (χ0n) is 20.4. The molecule has 184 valence electrons. The lowest BCUT2D eigenvalue weighted by molar-refractivity contribution is -0.122. The van der Waals surface area contributed by atoms with E-state index in [1.54, 1.807) is 6.07 Å². The van der Waals surface area contributed by atoms with Gasteiger partial charge in [-0.25, -0.2) is 0 Å². The normalized spacial score (nSPS) is 11.8. The van der Waals surface area contributed by atoms with E-state index in [1.807, 2.05) is 56.3 Å². The first-order chi connectivity index (χ1) is 16.6. The van der Waals surface area contributed by atoms with Crippen LogP contribution in [0, 0.1) is 19.8 Å². The number of nitrogen functional groups attached to an aromatic ring is 1. The summed E-state index contributed by atoms with van der Waals surface area (Å²) in [5, 5.41) is 2.99. The molecule has 0 aliphatic carbocycles. The van der Waals surface area contributed by atoms with Gasteiger partial charge in [-0.05, 0) is 61.0 Å². The molecule has 9 heteroatoms. The molecule has 1 atom stereocenters. The number of nitrogens with one attached hydrogen (secondary N) is 1. The number of hydrogen-bond acceptors (Lipinski definition) is 6. The molecule has 0 radical (unpaired) electrons. The highest BCUT2D eigenvalue weighted by atomic mass is 32.1. The molecule has 1 heterocycles. The Balaban J connectivity index is 2.16. The summed E-state index contributed by atoms with van der Waals surface area (Å²) in [5.41, 5.74) is 14.3. The van der Waals surface area contributed by atoms with Crippen molar-refractivity contribution in [2.75, 3.05) is 17.2 Å². The van der Waals surface area contributed by atoms with Gasteiger partial charge in [-0.2, -0.15) is 4.37 Å². The van der Waals surface area contributed by atoms with Crippen molar-refractivity contribution in [1.29, 1.82) is 0 Å². The number of primary amides is 1. The fraction of sp³-hybridized carbons (Fsp3) is 0.308. The Labute approximate surface area is 209 Å². The molecule has 0 unspecified atom stereocenters. The molecule has 0 aliphatic heterocycles. The Morgan fingerprint density at radius 2 is 1.74 bits per heavy atom. The van der Waals surface area contributed by atoms with Gasteiger partial charge in [-0.3, -0.25) is 19.3 Å². The second kappa shape index (κ2) is 11.1. The second-order valence-corrected chi connectivity index (χ2v) is 9.71. The van der Waals surface area contributed by atoms with E-state index >= 15 is 0 Å². The van der Waals surface area contributed by atoms with Crippen molar-refractivity contribution < 1.29 is 14.4 Å². The topological polar surface area (TPSA) is 131 Å². The molecular formula is C26H31N5O3S. The zero-order chi connectivity index (χ0) is 25.7. The van der Waals surface area contributed by atoms with Crippen LogP contribution in [0.5, 0.6) is 0 Å². The summed E-state index contributed by atoms with van der Waals surface area (Å²) in [6.07, 6.45) is 0.800. The van der Waals surface area contributed by atoms with Gasteiger partial charge in [0.15, 0.2) is 5.69 Å². The molecule has 1 aromatic heterocycles. The summed E-state index contributed by atoms with van der Waals surface area (Å²) < 4.78 is 3.98. The van der Waals surface area contributed by atoms with Gasteiger partial charge in [0.05, 0.1) is 5.69 Å². The Morgan fingerprint density at radius 1 is 1.06 bits per heavy atom. The first-order valence-electron chi connectivity index (χ1n) is 11.4. The molecule has 3 rings (SSSR count). The van der Waals surface area contributed by atoms with E-state index in [9.17, 15) is 14.4 Å². The minimum Gasteiger partial charge on any atom is -0.395 e. The molecule has 0 saturated carbocycles. The Bertz CT molecular complexity index is 1220. The molecule has 0 saturated heterocycles. The van der Waals surface area contributed by atoms with Crippen molar-refractivity contribution in [3.8, 4) is 0 Å². The minimum absolute atomic E-state index is 0.0485. The van der Waals surface area contributed by atoms with E-state index in [0.717, 1.165) is 29.1 Å². The van der Waals surface area contributed by atoms with Gasteiger partial charge in [0, 0.05) is 12.2 Å². The van der Waals surface area contributed by atoms with E-state index in [0.29, 0.717) is 23.7 Å². The number of nitrogens with zero attached hydrogens (tertiary/aromatic N) is 2. The van der Waals surface area contributed by atoms with Crippen LogP contribution in [0.4, 0.5) is 11.4 Å². The van der Waals surface area contributed by atoms with Gasteiger partial charge in [0.1, 0.15) is 10.9 Å². The van der Waals surface area contributed by atoms with Crippen molar-refractivity contribution in [3.63, 3.8) is 0 Å². The van der Waals surface area contributed by atoms with Crippen LogP contribution in [0.15, 0.2) is 48.5 Å². The van der Waals surface area contributed by atoms with Crippen LogP contribution in [0.1, 0.15) is 63.2 Å². The monoisotopic (exact) mass is 493 g/mol. The number of rotatable bonds is 9. The van der Waals surface area contributed by atoms with Crippen LogP contribution >= 0.6 is 11.5 Å². The smallest absolute Gasteiger partial charge is 0.273 e. The average molecular weight is 494 g/mol. The Kier molecular flexibility index (Phi) is 8.24. The molecule has 2 aromatic carbocycles. The van der Waals surface area contributed by atoms with Crippen molar-refractivity contribution in [3.05, 3.63) is 75.8 Å². The third-order valence-electron chi connectivity index (χ3n) is 5.57. The second-order valence-electron chi connectivity index (χ2n) is 8.94. The number of nitrogens with two attached hydrogens (primary N) is 2. The molecule has 0 spiro atoms. The SMILES string of the molecule is Cc1ccc([C@@H](C(=O)NCCC(C)C)N(C(=O)c2snc(C(N)=O)c2N)c2cccc(C)c2)cc1. The summed E-state index contributed by atoms with van der Waals surface area (Å²) in [6.45, 7) is 8.49. The third-order valence-corrected chi connectivity index (χ3v) is 6.43. The first kappa shape index (κ1) is 25.9. The molecule has 0 bridgehead atoms. The Morgan fingerprint density at radius 3 is 2.31 bits per heavy atom. The molecule has 5 N–H and O–H groups in total. The van der Waals surface area contributed by atoms with Gasteiger partial charge in [0.2, 0.25) is 5.91 Å². The van der Waals surface area contributed by atoms with Gasteiger partial charge in [-0.1, -0.05) is 55.8 Å².